The van der Waals surface area contributed by atoms with Crippen molar-refractivity contribution in [1.29, 1.82) is 0 Å². The van der Waals surface area contributed by atoms with E-state index in [1.807, 2.05) is 62.9 Å². The van der Waals surface area contributed by atoms with Gasteiger partial charge in [0.2, 0.25) is 0 Å². The molecule has 26 heavy (non-hydrogen) atoms. The van der Waals surface area contributed by atoms with E-state index in [0.29, 0.717) is 19.1 Å². The maximum Gasteiger partial charge on any atom is 0.410 e. The Morgan fingerprint density at radius 2 is 1.85 bits per heavy atom. The van der Waals surface area contributed by atoms with Crippen molar-refractivity contribution in [2.75, 3.05) is 6.61 Å². The fraction of sp³-hybridized carbons (Fsp3) is 0.619. The Hall–Kier alpha value is -2.04. The summed E-state index contributed by atoms with van der Waals surface area (Å²) in [5.74, 6) is 0.371. The summed E-state index contributed by atoms with van der Waals surface area (Å²) in [5.41, 5.74) is 0.517. The van der Waals surface area contributed by atoms with Gasteiger partial charge < -0.3 is 14.4 Å². The number of carbonyl (C=O) groups excluding carboxylic acids is 2. The van der Waals surface area contributed by atoms with Crippen LogP contribution < -0.4 is 0 Å². The van der Waals surface area contributed by atoms with Gasteiger partial charge in [-0.25, -0.2) is 4.79 Å². The average molecular weight is 359 g/mol. The Bertz CT molecular complexity index is 652. The lowest BCUT2D eigenvalue weighted by molar-refractivity contribution is -0.145. The van der Waals surface area contributed by atoms with E-state index < -0.39 is 5.60 Å². The molecular weight excluding hydrogens is 330 g/mol. The third-order valence-electron chi connectivity index (χ3n) is 5.25. The smallest absolute Gasteiger partial charge is 0.410 e. The van der Waals surface area contributed by atoms with Gasteiger partial charge >= 0.3 is 12.1 Å². The van der Waals surface area contributed by atoms with E-state index in [4.69, 9.17) is 9.47 Å². The quantitative estimate of drug-likeness (QED) is 0.746. The Kier molecular flexibility index (Phi) is 5.26. The maximum absolute atomic E-state index is 12.9. The minimum Gasteiger partial charge on any atom is -0.466 e. The van der Waals surface area contributed by atoms with E-state index in [2.05, 4.69) is 0 Å². The van der Waals surface area contributed by atoms with Crippen LogP contribution in [0.3, 0.4) is 0 Å². The van der Waals surface area contributed by atoms with Gasteiger partial charge in [0.05, 0.1) is 12.5 Å². The second-order valence-corrected chi connectivity index (χ2v) is 8.26. The first kappa shape index (κ1) is 18.7. The van der Waals surface area contributed by atoms with Gasteiger partial charge in [0, 0.05) is 12.6 Å². The Morgan fingerprint density at radius 3 is 2.46 bits per heavy atom. The van der Waals surface area contributed by atoms with Crippen LogP contribution in [0.1, 0.15) is 46.1 Å². The molecule has 0 N–H and O–H groups in total. The molecule has 0 aliphatic heterocycles. The first-order valence-corrected chi connectivity index (χ1v) is 9.52. The molecule has 3 rings (SSSR count). The van der Waals surface area contributed by atoms with Crippen LogP contribution in [0.25, 0.3) is 0 Å². The number of benzene rings is 1. The lowest BCUT2D eigenvalue weighted by atomic mass is 10.0. The fourth-order valence-corrected chi connectivity index (χ4v) is 4.20. The van der Waals surface area contributed by atoms with E-state index in [1.165, 1.54) is 0 Å². The predicted octanol–water partition coefficient (Wildman–Crippen LogP) is 4.01. The molecule has 1 amide bonds. The highest BCUT2D eigenvalue weighted by molar-refractivity contribution is 5.77. The maximum atomic E-state index is 12.9. The van der Waals surface area contributed by atoms with Gasteiger partial charge in [-0.3, -0.25) is 4.79 Å². The normalized spacial score (nSPS) is 26.8. The molecule has 1 aromatic rings. The van der Waals surface area contributed by atoms with E-state index in [9.17, 15) is 9.59 Å². The van der Waals surface area contributed by atoms with Gasteiger partial charge in [-0.1, -0.05) is 30.3 Å². The number of amides is 1. The van der Waals surface area contributed by atoms with E-state index >= 15 is 0 Å². The minimum absolute atomic E-state index is 0.0319. The zero-order valence-electron chi connectivity index (χ0n) is 16.1. The highest BCUT2D eigenvalue weighted by Gasteiger charge is 2.64. The van der Waals surface area contributed by atoms with Gasteiger partial charge in [-0.2, -0.15) is 0 Å². The largest absolute Gasteiger partial charge is 0.466 e. The van der Waals surface area contributed by atoms with E-state index in [1.54, 1.807) is 0 Å². The Morgan fingerprint density at radius 1 is 1.15 bits per heavy atom. The summed E-state index contributed by atoms with van der Waals surface area (Å²) in [5, 5.41) is 0. The van der Waals surface area contributed by atoms with E-state index in [0.717, 1.165) is 18.4 Å². The molecule has 2 aliphatic rings. The Labute approximate surface area is 155 Å². The van der Waals surface area contributed by atoms with Crippen LogP contribution >= 0.6 is 0 Å². The topological polar surface area (TPSA) is 55.8 Å². The molecule has 2 aliphatic carbocycles. The second-order valence-electron chi connectivity index (χ2n) is 8.26. The molecule has 0 spiro atoms. The number of nitrogens with zero attached hydrogens (tertiary/aromatic N) is 1. The zero-order chi connectivity index (χ0) is 18.9. The van der Waals surface area contributed by atoms with Crippen molar-refractivity contribution >= 4 is 12.1 Å². The predicted molar refractivity (Wildman–Crippen MR) is 98.3 cm³/mol. The summed E-state index contributed by atoms with van der Waals surface area (Å²) in [7, 11) is 0. The molecule has 5 nitrogen and oxygen atoms in total. The van der Waals surface area contributed by atoms with Gasteiger partial charge in [-0.15, -0.1) is 0 Å². The van der Waals surface area contributed by atoms with Crippen molar-refractivity contribution in [1.82, 2.24) is 4.90 Å². The summed E-state index contributed by atoms with van der Waals surface area (Å²) < 4.78 is 10.9. The lowest BCUT2D eigenvalue weighted by Gasteiger charge is -2.33. The number of carbonyl (C=O) groups is 2. The molecule has 142 valence electrons. The minimum atomic E-state index is -0.547. The Balaban J connectivity index is 1.77. The van der Waals surface area contributed by atoms with E-state index in [-0.39, 0.29) is 29.9 Å². The molecule has 0 radical (unpaired) electrons. The summed E-state index contributed by atoms with van der Waals surface area (Å²) in [6.45, 7) is 8.36. The first-order valence-electron chi connectivity index (χ1n) is 9.52. The monoisotopic (exact) mass is 359 g/mol. The molecular formula is C21H29NO4. The molecule has 0 saturated heterocycles. The van der Waals surface area contributed by atoms with Gasteiger partial charge in [0.1, 0.15) is 5.60 Å². The fourth-order valence-electron chi connectivity index (χ4n) is 4.20. The summed E-state index contributed by atoms with van der Waals surface area (Å²) in [6, 6.07) is 9.96. The van der Waals surface area contributed by atoms with Crippen LogP contribution in [0.2, 0.25) is 0 Å². The molecule has 5 heteroatoms. The number of ether oxygens (including phenoxy) is 2. The lowest BCUT2D eigenvalue weighted by Crippen LogP contribution is -2.44. The van der Waals surface area contributed by atoms with Gasteiger partial charge in [0.15, 0.2) is 0 Å². The third kappa shape index (κ3) is 4.02. The van der Waals surface area contributed by atoms with Crippen molar-refractivity contribution in [2.24, 2.45) is 17.8 Å². The van der Waals surface area contributed by atoms with Gasteiger partial charge in [-0.05, 0) is 57.9 Å². The van der Waals surface area contributed by atoms with Crippen LogP contribution in [0, 0.1) is 17.8 Å². The molecule has 0 bridgehead atoms. The van der Waals surface area contributed by atoms with Crippen LogP contribution in [-0.2, 0) is 20.8 Å². The standard InChI is InChI=1S/C21H29NO4/c1-5-25-19(23)18-15-11-12-16(17(15)18)22(20(24)26-21(2,3)4)13-14-9-7-6-8-10-14/h6-10,15-18H,5,11-13H2,1-4H3/t15-,16-,17-,18+/m1/s1. The van der Waals surface area contributed by atoms with Crippen molar-refractivity contribution in [3.05, 3.63) is 35.9 Å². The third-order valence-corrected chi connectivity index (χ3v) is 5.25. The highest BCUT2D eigenvalue weighted by Crippen LogP contribution is 2.59. The number of fused-ring (bicyclic) bond motifs is 1. The summed E-state index contributed by atoms with van der Waals surface area (Å²) in [4.78, 5) is 26.9. The van der Waals surface area contributed by atoms with Crippen LogP contribution in [0.5, 0.6) is 0 Å². The highest BCUT2D eigenvalue weighted by atomic mass is 16.6. The molecule has 2 fully saturated rings. The first-order chi connectivity index (χ1) is 12.3. The molecule has 0 heterocycles. The summed E-state index contributed by atoms with van der Waals surface area (Å²) in [6.07, 6.45) is 1.58. The second kappa shape index (κ2) is 7.29. The number of rotatable bonds is 5. The van der Waals surface area contributed by atoms with Crippen molar-refractivity contribution in [3.63, 3.8) is 0 Å². The summed E-state index contributed by atoms with van der Waals surface area (Å²) >= 11 is 0. The molecule has 1 aromatic carbocycles. The SMILES string of the molecule is CCOC(=O)[C@H]1[C@@H]2CC[C@@H](N(Cc3ccccc3)C(=O)OC(C)(C)C)[C@@H]21. The number of hydrogen-bond donors (Lipinski definition) is 0. The van der Waals surface area contributed by atoms with Gasteiger partial charge in [0.25, 0.3) is 0 Å². The molecule has 0 unspecified atom stereocenters. The van der Waals surface area contributed by atoms with Crippen LogP contribution in [0.4, 0.5) is 4.79 Å². The van der Waals surface area contributed by atoms with Crippen molar-refractivity contribution in [3.8, 4) is 0 Å². The van der Waals surface area contributed by atoms with Crippen molar-refractivity contribution in [2.45, 2.75) is 58.7 Å². The number of hydrogen-bond acceptors (Lipinski definition) is 4. The zero-order valence-corrected chi connectivity index (χ0v) is 16.1. The molecule has 0 aromatic heterocycles. The molecule has 4 atom stereocenters. The van der Waals surface area contributed by atoms with Crippen LogP contribution in [-0.4, -0.2) is 35.2 Å². The molecule has 2 saturated carbocycles. The number of esters is 1. The van der Waals surface area contributed by atoms with Crippen molar-refractivity contribution < 1.29 is 19.1 Å². The average Bonchev–Trinajstić information content (AvgIpc) is 3.14. The van der Waals surface area contributed by atoms with Crippen LogP contribution in [0.15, 0.2) is 30.3 Å².